The molecule has 0 atom stereocenters. The van der Waals surface area contributed by atoms with Crippen LogP contribution in [-0.4, -0.2) is 84.5 Å². The van der Waals surface area contributed by atoms with Crippen molar-refractivity contribution in [1.29, 1.82) is 0 Å². The van der Waals surface area contributed by atoms with Crippen LogP contribution in [0.2, 0.25) is 0 Å². The van der Waals surface area contributed by atoms with Crippen LogP contribution in [0.15, 0.2) is 6.20 Å². The highest BCUT2D eigenvalue weighted by molar-refractivity contribution is 5.94. The van der Waals surface area contributed by atoms with E-state index in [1.165, 1.54) is 0 Å². The van der Waals surface area contributed by atoms with Crippen molar-refractivity contribution in [3.05, 3.63) is 17.5 Å². The number of piperidine rings is 1. The number of amides is 1. The number of rotatable bonds is 6. The van der Waals surface area contributed by atoms with Crippen molar-refractivity contribution < 1.29 is 14.6 Å². The van der Waals surface area contributed by atoms with Gasteiger partial charge in [-0.2, -0.15) is 0 Å². The number of morpholine rings is 1. The number of hydrogen-bond donors (Lipinski definition) is 2. The topological polar surface area (TPSA) is 90.8 Å². The van der Waals surface area contributed by atoms with Gasteiger partial charge in [-0.3, -0.25) is 4.79 Å². The fourth-order valence-corrected chi connectivity index (χ4v) is 3.34. The zero-order valence-electron chi connectivity index (χ0n) is 15.5. The van der Waals surface area contributed by atoms with Gasteiger partial charge in [0.15, 0.2) is 0 Å². The Morgan fingerprint density at radius 2 is 2.04 bits per heavy atom. The van der Waals surface area contributed by atoms with E-state index in [4.69, 9.17) is 4.74 Å². The standard InChI is InChI=1S/C18H29N5O3/c1-14-16(13-20-18(21-14)23-9-11-26-12-10-23)17(25)19-5-2-6-22-7-3-15(24)4-8-22/h13,15,24H,2-12H2,1H3,(H,19,25). The number of hydrogen-bond acceptors (Lipinski definition) is 7. The maximum absolute atomic E-state index is 12.4. The predicted molar refractivity (Wildman–Crippen MR) is 98.4 cm³/mol. The number of carbonyl (C=O) groups is 1. The van der Waals surface area contributed by atoms with Gasteiger partial charge < -0.3 is 25.0 Å². The quantitative estimate of drug-likeness (QED) is 0.698. The first-order valence-electron chi connectivity index (χ1n) is 9.48. The Morgan fingerprint density at radius 1 is 1.31 bits per heavy atom. The molecule has 0 bridgehead atoms. The summed E-state index contributed by atoms with van der Waals surface area (Å²) in [6, 6.07) is 0. The second kappa shape index (κ2) is 9.25. The summed E-state index contributed by atoms with van der Waals surface area (Å²) in [5.41, 5.74) is 1.23. The fraction of sp³-hybridized carbons (Fsp3) is 0.722. The Hall–Kier alpha value is -1.77. The molecule has 8 heteroatoms. The van der Waals surface area contributed by atoms with E-state index in [1.54, 1.807) is 6.20 Å². The molecule has 2 fully saturated rings. The Labute approximate surface area is 154 Å². The number of aryl methyl sites for hydroxylation is 1. The number of aliphatic hydroxyl groups is 1. The van der Waals surface area contributed by atoms with Gasteiger partial charge in [0.1, 0.15) is 0 Å². The first-order chi connectivity index (χ1) is 12.6. The number of nitrogens with zero attached hydrogens (tertiary/aromatic N) is 4. The molecule has 0 aliphatic carbocycles. The lowest BCUT2D eigenvalue weighted by Gasteiger charge is -2.29. The van der Waals surface area contributed by atoms with E-state index < -0.39 is 0 Å². The zero-order valence-corrected chi connectivity index (χ0v) is 15.5. The fourth-order valence-electron chi connectivity index (χ4n) is 3.34. The highest BCUT2D eigenvalue weighted by Crippen LogP contribution is 2.13. The van der Waals surface area contributed by atoms with E-state index in [0.717, 1.165) is 52.0 Å². The highest BCUT2D eigenvalue weighted by atomic mass is 16.5. The maximum atomic E-state index is 12.4. The van der Waals surface area contributed by atoms with E-state index in [-0.39, 0.29) is 12.0 Å². The minimum Gasteiger partial charge on any atom is -0.393 e. The third-order valence-electron chi connectivity index (χ3n) is 5.00. The van der Waals surface area contributed by atoms with Crippen molar-refractivity contribution in [2.24, 2.45) is 0 Å². The summed E-state index contributed by atoms with van der Waals surface area (Å²) in [5.74, 6) is 0.541. The third-order valence-corrected chi connectivity index (χ3v) is 5.00. The molecule has 3 heterocycles. The average molecular weight is 363 g/mol. The first-order valence-corrected chi connectivity index (χ1v) is 9.48. The van der Waals surface area contributed by atoms with Crippen LogP contribution in [-0.2, 0) is 4.74 Å². The molecule has 0 unspecified atom stereocenters. The molecule has 1 amide bonds. The van der Waals surface area contributed by atoms with Crippen molar-refractivity contribution in [3.8, 4) is 0 Å². The lowest BCUT2D eigenvalue weighted by Crippen LogP contribution is -2.38. The van der Waals surface area contributed by atoms with Crippen LogP contribution >= 0.6 is 0 Å². The second-order valence-electron chi connectivity index (χ2n) is 6.95. The summed E-state index contributed by atoms with van der Waals surface area (Å²) in [6.45, 7) is 8.20. The molecule has 144 valence electrons. The lowest BCUT2D eigenvalue weighted by molar-refractivity contribution is 0.0816. The summed E-state index contributed by atoms with van der Waals surface area (Å²) < 4.78 is 5.34. The smallest absolute Gasteiger partial charge is 0.254 e. The van der Waals surface area contributed by atoms with Crippen molar-refractivity contribution >= 4 is 11.9 Å². The van der Waals surface area contributed by atoms with Gasteiger partial charge in [0.25, 0.3) is 5.91 Å². The highest BCUT2D eigenvalue weighted by Gasteiger charge is 2.18. The lowest BCUT2D eigenvalue weighted by atomic mass is 10.1. The van der Waals surface area contributed by atoms with E-state index >= 15 is 0 Å². The van der Waals surface area contributed by atoms with Gasteiger partial charge in [-0.1, -0.05) is 0 Å². The van der Waals surface area contributed by atoms with Gasteiger partial charge in [-0.25, -0.2) is 9.97 Å². The largest absolute Gasteiger partial charge is 0.393 e. The Morgan fingerprint density at radius 3 is 2.73 bits per heavy atom. The van der Waals surface area contributed by atoms with Crippen molar-refractivity contribution in [3.63, 3.8) is 0 Å². The predicted octanol–water partition coefficient (Wildman–Crippen LogP) is 0.198. The molecule has 0 saturated carbocycles. The van der Waals surface area contributed by atoms with E-state index in [0.29, 0.717) is 37.0 Å². The molecule has 0 spiro atoms. The summed E-state index contributed by atoms with van der Waals surface area (Å²) in [6.07, 6.45) is 4.06. The van der Waals surface area contributed by atoms with E-state index in [2.05, 4.69) is 25.1 Å². The Kier molecular flexibility index (Phi) is 6.76. The molecule has 2 aliphatic rings. The normalized spacial score (nSPS) is 19.5. The van der Waals surface area contributed by atoms with Crippen LogP contribution in [0.25, 0.3) is 0 Å². The summed E-state index contributed by atoms with van der Waals surface area (Å²) in [5, 5.41) is 12.5. The summed E-state index contributed by atoms with van der Waals surface area (Å²) in [4.78, 5) is 25.6. The summed E-state index contributed by atoms with van der Waals surface area (Å²) in [7, 11) is 0. The van der Waals surface area contributed by atoms with Crippen LogP contribution in [0.5, 0.6) is 0 Å². The first kappa shape index (κ1) is 19.0. The number of aliphatic hydroxyl groups excluding tert-OH is 1. The van der Waals surface area contributed by atoms with Crippen molar-refractivity contribution in [1.82, 2.24) is 20.2 Å². The SMILES string of the molecule is Cc1nc(N2CCOCC2)ncc1C(=O)NCCCN1CCC(O)CC1. The summed E-state index contributed by atoms with van der Waals surface area (Å²) >= 11 is 0. The van der Waals surface area contributed by atoms with Gasteiger partial charge >= 0.3 is 0 Å². The van der Waals surface area contributed by atoms with Gasteiger partial charge in [0, 0.05) is 38.9 Å². The molecular formula is C18H29N5O3. The molecule has 0 radical (unpaired) electrons. The molecule has 2 N–H and O–H groups in total. The molecule has 2 aliphatic heterocycles. The Balaban J connectivity index is 1.44. The minimum atomic E-state index is -0.144. The van der Waals surface area contributed by atoms with Crippen LogP contribution in [0, 0.1) is 6.92 Å². The van der Waals surface area contributed by atoms with Gasteiger partial charge in [0.05, 0.1) is 30.6 Å². The molecule has 1 aromatic heterocycles. The molecular weight excluding hydrogens is 334 g/mol. The maximum Gasteiger partial charge on any atom is 0.254 e. The number of likely N-dealkylation sites (tertiary alicyclic amines) is 1. The van der Waals surface area contributed by atoms with Crippen molar-refractivity contribution in [2.75, 3.05) is 57.4 Å². The molecule has 2 saturated heterocycles. The van der Waals surface area contributed by atoms with E-state index in [9.17, 15) is 9.90 Å². The third kappa shape index (κ3) is 5.12. The second-order valence-corrected chi connectivity index (χ2v) is 6.95. The average Bonchev–Trinajstić information content (AvgIpc) is 2.67. The van der Waals surface area contributed by atoms with Gasteiger partial charge in [-0.15, -0.1) is 0 Å². The molecule has 8 nitrogen and oxygen atoms in total. The number of anilines is 1. The monoisotopic (exact) mass is 363 g/mol. The Bertz CT molecular complexity index is 598. The molecule has 1 aromatic rings. The van der Waals surface area contributed by atoms with Crippen LogP contribution < -0.4 is 10.2 Å². The molecule has 26 heavy (non-hydrogen) atoms. The van der Waals surface area contributed by atoms with Crippen LogP contribution in [0.4, 0.5) is 5.95 Å². The number of carbonyl (C=O) groups excluding carboxylic acids is 1. The van der Waals surface area contributed by atoms with Crippen LogP contribution in [0.3, 0.4) is 0 Å². The van der Waals surface area contributed by atoms with Crippen molar-refractivity contribution in [2.45, 2.75) is 32.3 Å². The van der Waals surface area contributed by atoms with Gasteiger partial charge in [0.2, 0.25) is 5.95 Å². The van der Waals surface area contributed by atoms with Crippen LogP contribution in [0.1, 0.15) is 35.3 Å². The number of ether oxygens (including phenoxy) is 1. The van der Waals surface area contributed by atoms with Gasteiger partial charge in [-0.05, 0) is 32.7 Å². The number of aromatic nitrogens is 2. The number of nitrogens with one attached hydrogen (secondary N) is 1. The molecule has 0 aromatic carbocycles. The zero-order chi connectivity index (χ0) is 18.4. The minimum absolute atomic E-state index is 0.120. The van der Waals surface area contributed by atoms with E-state index in [1.807, 2.05) is 6.92 Å². The molecule has 3 rings (SSSR count).